The molecule has 1 amide bonds. The molecule has 1 aliphatic rings. The third kappa shape index (κ3) is 9.69. The van der Waals surface area contributed by atoms with E-state index in [0.717, 1.165) is 16.5 Å². The standard InChI is InChI=1S/C37H43Br2N5O7/c1-37(2,3)21-10-20(11-22(38)14-21)33(27(35(50)51)16-30(48)34-32(39)26-6-4-5-7-28(26)43-34)44-31(49)9-8-29(47)19-12-23(15-24(45)13-19)42-36-40-17-25(46)18-41-36/h4-7,10-15,25,27,29-30,33,43,45-48H,8-9,16-18H2,1-3H3,(H,44,49)(H,50,51)(H2,40,41,42)/t27-,29?,30?,33?/m0/s1. The second-order valence-corrected chi connectivity index (χ2v) is 15.6. The Morgan fingerprint density at radius 3 is 2.43 bits per heavy atom. The van der Waals surface area contributed by atoms with Crippen LogP contribution in [0.15, 0.2) is 74.6 Å². The van der Waals surface area contributed by atoms with Gasteiger partial charge in [0.1, 0.15) is 5.75 Å². The first-order valence-electron chi connectivity index (χ1n) is 16.6. The highest BCUT2D eigenvalue weighted by Crippen LogP contribution is 2.38. The number of aliphatic hydroxyl groups excluding tert-OH is 3. The highest BCUT2D eigenvalue weighted by atomic mass is 79.9. The predicted molar refractivity (Wildman–Crippen MR) is 203 cm³/mol. The maximum Gasteiger partial charge on any atom is 0.309 e. The maximum absolute atomic E-state index is 13.6. The van der Waals surface area contributed by atoms with E-state index in [1.807, 2.05) is 57.2 Å². The smallest absolute Gasteiger partial charge is 0.309 e. The number of guanidine groups is 1. The van der Waals surface area contributed by atoms with Crippen LogP contribution in [0.1, 0.15) is 80.7 Å². The Hall–Kier alpha value is -3.95. The van der Waals surface area contributed by atoms with Crippen molar-refractivity contribution in [2.45, 2.75) is 69.8 Å². The van der Waals surface area contributed by atoms with Gasteiger partial charge in [-0.05, 0) is 81.2 Å². The SMILES string of the molecule is CC(C)(C)c1cc(Br)cc(C(NC(=O)CCC(O)c2cc(O)cc(NC3=NCC(O)CN3)c2)[C@H](CC(O)c2[nH]c3ccccc3c2Br)C(=O)O)c1. The Labute approximate surface area is 312 Å². The third-order valence-corrected chi connectivity index (χ3v) is 10.2. The molecular weight excluding hydrogens is 786 g/mol. The second-order valence-electron chi connectivity index (χ2n) is 13.9. The van der Waals surface area contributed by atoms with E-state index in [9.17, 15) is 35.1 Å². The number of β-amino-alcohol motifs (C(OH)–C–C–N with tert-alkyl or cyclic N) is 1. The quantitative estimate of drug-likeness (QED) is 0.0832. The fraction of sp³-hybridized carbons (Fsp3) is 0.378. The molecule has 3 aromatic carbocycles. The van der Waals surface area contributed by atoms with Crippen LogP contribution in [0.5, 0.6) is 5.75 Å². The van der Waals surface area contributed by atoms with Crippen LogP contribution in [0.25, 0.3) is 10.9 Å². The van der Waals surface area contributed by atoms with Gasteiger partial charge in [0.2, 0.25) is 5.91 Å². The minimum Gasteiger partial charge on any atom is -0.508 e. The van der Waals surface area contributed by atoms with Crippen molar-refractivity contribution in [3.05, 3.63) is 92.0 Å². The first kappa shape index (κ1) is 38.3. The molecule has 0 aliphatic carbocycles. The number of carboxylic acids is 1. The summed E-state index contributed by atoms with van der Waals surface area (Å²) in [6, 6.07) is 16.5. The molecule has 0 fully saturated rings. The number of phenolic OH excluding ortho intramolecular Hbond substituents is 1. The van der Waals surface area contributed by atoms with E-state index in [-0.39, 0.29) is 37.0 Å². The number of anilines is 1. The summed E-state index contributed by atoms with van der Waals surface area (Å²) in [5, 5.41) is 62.8. The lowest BCUT2D eigenvalue weighted by atomic mass is 9.82. The highest BCUT2D eigenvalue weighted by molar-refractivity contribution is 9.11. The molecule has 5 atom stereocenters. The molecule has 5 rings (SSSR count). The maximum atomic E-state index is 13.6. The number of carboxylic acid groups (broad SMARTS) is 1. The zero-order valence-electron chi connectivity index (χ0n) is 28.5. The molecule has 0 saturated heterocycles. The van der Waals surface area contributed by atoms with Crippen LogP contribution in [0.4, 0.5) is 5.69 Å². The van der Waals surface area contributed by atoms with Crippen LogP contribution in [-0.4, -0.2) is 67.5 Å². The van der Waals surface area contributed by atoms with Gasteiger partial charge in [0, 0.05) is 44.6 Å². The number of para-hydroxylation sites is 1. The number of nitrogens with one attached hydrogen (secondary N) is 4. The molecule has 14 heteroatoms. The molecular formula is C37H43Br2N5O7. The summed E-state index contributed by atoms with van der Waals surface area (Å²) in [5.41, 5.74) is 3.20. The number of fused-ring (bicyclic) bond motifs is 1. The lowest BCUT2D eigenvalue weighted by Crippen LogP contribution is -2.42. The number of carbonyl (C=O) groups excluding carboxylic acids is 1. The molecule has 4 unspecified atom stereocenters. The third-order valence-electron chi connectivity index (χ3n) is 8.86. The average Bonchev–Trinajstić information content (AvgIpc) is 3.41. The van der Waals surface area contributed by atoms with Gasteiger partial charge in [-0.2, -0.15) is 0 Å². The van der Waals surface area contributed by atoms with Crippen LogP contribution >= 0.6 is 31.9 Å². The highest BCUT2D eigenvalue weighted by Gasteiger charge is 2.35. The first-order chi connectivity index (χ1) is 24.1. The molecule has 0 radical (unpaired) electrons. The van der Waals surface area contributed by atoms with Gasteiger partial charge in [-0.15, -0.1) is 0 Å². The number of carbonyl (C=O) groups is 2. The van der Waals surface area contributed by atoms with Crippen molar-refractivity contribution in [1.29, 1.82) is 0 Å². The number of aromatic nitrogens is 1. The zero-order valence-corrected chi connectivity index (χ0v) is 31.6. The molecule has 9 N–H and O–H groups in total. The molecule has 0 spiro atoms. The van der Waals surface area contributed by atoms with Gasteiger partial charge < -0.3 is 46.5 Å². The summed E-state index contributed by atoms with van der Waals surface area (Å²) < 4.78 is 1.34. The summed E-state index contributed by atoms with van der Waals surface area (Å²) >= 11 is 7.12. The number of rotatable bonds is 12. The van der Waals surface area contributed by atoms with Crippen molar-refractivity contribution in [2.24, 2.45) is 10.9 Å². The number of aromatic hydroxyl groups is 1. The molecule has 1 aromatic heterocycles. The van der Waals surface area contributed by atoms with Gasteiger partial charge in [0.15, 0.2) is 5.96 Å². The minimum atomic E-state index is -1.24. The largest absolute Gasteiger partial charge is 0.508 e. The van der Waals surface area contributed by atoms with Crippen molar-refractivity contribution < 1.29 is 35.1 Å². The zero-order chi connectivity index (χ0) is 37.0. The molecule has 272 valence electrons. The van der Waals surface area contributed by atoms with Crippen molar-refractivity contribution in [2.75, 3.05) is 18.4 Å². The van der Waals surface area contributed by atoms with E-state index < -0.39 is 42.1 Å². The number of aliphatic hydroxyl groups is 3. The normalized spacial score (nSPS) is 17.2. The summed E-state index contributed by atoms with van der Waals surface area (Å²) in [6.07, 6.45) is -3.35. The Kier molecular flexibility index (Phi) is 12.1. The lowest BCUT2D eigenvalue weighted by Gasteiger charge is -2.29. The number of aromatic amines is 1. The van der Waals surface area contributed by atoms with Gasteiger partial charge in [-0.3, -0.25) is 14.6 Å². The number of hydrogen-bond donors (Lipinski definition) is 9. The van der Waals surface area contributed by atoms with E-state index >= 15 is 0 Å². The molecule has 12 nitrogen and oxygen atoms in total. The summed E-state index contributed by atoms with van der Waals surface area (Å²) in [5.74, 6) is -2.64. The minimum absolute atomic E-state index is 0.0269. The Morgan fingerprint density at radius 1 is 1.02 bits per heavy atom. The summed E-state index contributed by atoms with van der Waals surface area (Å²) in [4.78, 5) is 34.0. The van der Waals surface area contributed by atoms with Crippen molar-refractivity contribution in [1.82, 2.24) is 15.6 Å². The fourth-order valence-electron chi connectivity index (χ4n) is 6.07. The van der Waals surface area contributed by atoms with Gasteiger partial charge in [0.25, 0.3) is 0 Å². The summed E-state index contributed by atoms with van der Waals surface area (Å²) in [7, 11) is 0. The first-order valence-corrected chi connectivity index (χ1v) is 18.2. The Morgan fingerprint density at radius 2 is 1.76 bits per heavy atom. The number of aliphatic carboxylic acids is 1. The molecule has 0 bridgehead atoms. The lowest BCUT2D eigenvalue weighted by molar-refractivity contribution is -0.144. The number of phenols is 1. The van der Waals surface area contributed by atoms with Crippen LogP contribution in [0, 0.1) is 5.92 Å². The number of H-pyrrole nitrogens is 1. The number of nitrogens with zero attached hydrogens (tertiary/aromatic N) is 1. The van der Waals surface area contributed by atoms with Crippen molar-refractivity contribution >= 4 is 66.3 Å². The Bertz CT molecular complexity index is 1930. The molecule has 1 aliphatic heterocycles. The fourth-order valence-corrected chi connectivity index (χ4v) is 7.29. The van der Waals surface area contributed by atoms with Crippen molar-refractivity contribution in [3.63, 3.8) is 0 Å². The van der Waals surface area contributed by atoms with Crippen LogP contribution in [0.3, 0.4) is 0 Å². The second kappa shape index (κ2) is 16.2. The number of amides is 1. The molecule has 0 saturated carbocycles. The molecule has 2 heterocycles. The number of hydrogen-bond acceptors (Lipinski definition) is 9. The van der Waals surface area contributed by atoms with Gasteiger partial charge in [-0.25, -0.2) is 0 Å². The average molecular weight is 830 g/mol. The molecule has 51 heavy (non-hydrogen) atoms. The van der Waals surface area contributed by atoms with Gasteiger partial charge >= 0.3 is 5.97 Å². The van der Waals surface area contributed by atoms with E-state index in [1.165, 1.54) is 12.1 Å². The number of halogens is 2. The molecule has 4 aromatic rings. The van der Waals surface area contributed by atoms with E-state index in [4.69, 9.17) is 0 Å². The van der Waals surface area contributed by atoms with E-state index in [0.29, 0.717) is 44.0 Å². The van der Waals surface area contributed by atoms with Crippen LogP contribution in [0.2, 0.25) is 0 Å². The van der Waals surface area contributed by atoms with Crippen molar-refractivity contribution in [3.8, 4) is 5.75 Å². The summed E-state index contributed by atoms with van der Waals surface area (Å²) in [6.45, 7) is 6.64. The monoisotopic (exact) mass is 827 g/mol. The van der Waals surface area contributed by atoms with Gasteiger partial charge in [-0.1, -0.05) is 61.0 Å². The van der Waals surface area contributed by atoms with E-state index in [2.05, 4.69) is 57.8 Å². The predicted octanol–water partition coefficient (Wildman–Crippen LogP) is 5.92. The number of aliphatic imine (C=N–C) groups is 1. The van der Waals surface area contributed by atoms with E-state index in [1.54, 1.807) is 12.1 Å². The van der Waals surface area contributed by atoms with Crippen LogP contribution < -0.4 is 16.0 Å². The Balaban J connectivity index is 1.37. The van der Waals surface area contributed by atoms with Crippen LogP contribution in [-0.2, 0) is 15.0 Å². The van der Waals surface area contributed by atoms with Gasteiger partial charge in [0.05, 0.1) is 42.5 Å². The number of benzene rings is 3. The topological polar surface area (TPSA) is 200 Å².